The van der Waals surface area contributed by atoms with Gasteiger partial charge in [0.2, 0.25) is 0 Å². The summed E-state index contributed by atoms with van der Waals surface area (Å²) in [5, 5.41) is 3.06. The van der Waals surface area contributed by atoms with Gasteiger partial charge in [-0.3, -0.25) is 0 Å². The molecule has 0 aromatic heterocycles. The highest BCUT2D eigenvalue weighted by Crippen LogP contribution is 2.11. The molecule has 0 aliphatic rings. The van der Waals surface area contributed by atoms with Gasteiger partial charge in [0, 0.05) is 12.1 Å². The molecule has 1 nitrogen and oxygen atoms in total. The van der Waals surface area contributed by atoms with E-state index in [1.807, 2.05) is 0 Å². The van der Waals surface area contributed by atoms with Crippen LogP contribution in [0.15, 0.2) is 18.2 Å². The normalized spacial score (nSPS) is 10.7. The predicted octanol–water partition coefficient (Wildman–Crippen LogP) is 3.66. The summed E-state index contributed by atoms with van der Waals surface area (Å²) in [6.07, 6.45) is 3.42. The molecule has 0 amide bonds. The van der Waals surface area contributed by atoms with Gasteiger partial charge in [-0.15, -0.1) is 0 Å². The maximum atomic E-state index is 13.2. The van der Waals surface area contributed by atoms with Crippen molar-refractivity contribution in [3.63, 3.8) is 0 Å². The summed E-state index contributed by atoms with van der Waals surface area (Å²) in [4.78, 5) is 0. The van der Waals surface area contributed by atoms with Gasteiger partial charge in [-0.25, -0.2) is 8.78 Å². The second-order valence-corrected chi connectivity index (χ2v) is 4.71. The summed E-state index contributed by atoms with van der Waals surface area (Å²) in [5.41, 5.74) is 0.136. The molecule has 1 aromatic rings. The van der Waals surface area contributed by atoms with E-state index in [4.69, 9.17) is 0 Å². The summed E-state index contributed by atoms with van der Waals surface area (Å²) in [6.45, 7) is 1.08. The van der Waals surface area contributed by atoms with Crippen molar-refractivity contribution in [2.24, 2.45) is 0 Å². The van der Waals surface area contributed by atoms with Crippen molar-refractivity contribution in [2.45, 2.75) is 25.8 Å². The van der Waals surface area contributed by atoms with Crippen LogP contribution in [0.5, 0.6) is 0 Å². The summed E-state index contributed by atoms with van der Waals surface area (Å²) >= 11 is 2.35. The lowest BCUT2D eigenvalue weighted by molar-refractivity contribution is 0.529. The predicted molar refractivity (Wildman–Crippen MR) is 70.8 cm³/mol. The third-order valence-corrected chi connectivity index (χ3v) is 3.11. The van der Waals surface area contributed by atoms with Gasteiger partial charge in [0.25, 0.3) is 0 Å². The largest absolute Gasteiger partial charge is 0.312 e. The minimum absolute atomic E-state index is 0.136. The third kappa shape index (κ3) is 4.74. The summed E-state index contributed by atoms with van der Waals surface area (Å²) in [5.74, 6) is -0.945. The van der Waals surface area contributed by atoms with E-state index in [9.17, 15) is 8.78 Å². The molecule has 0 spiro atoms. The smallest absolute Gasteiger partial charge is 0.130 e. The van der Waals surface area contributed by atoms with Crippen molar-refractivity contribution in [3.05, 3.63) is 35.4 Å². The Bertz CT molecular complexity index is 298. The van der Waals surface area contributed by atoms with Gasteiger partial charge in [-0.05, 0) is 35.9 Å². The molecule has 0 aliphatic carbocycles. The zero-order valence-electron chi connectivity index (χ0n) is 9.11. The summed E-state index contributed by atoms with van der Waals surface area (Å²) < 4.78 is 27.6. The molecule has 0 aliphatic heterocycles. The Kier molecular flexibility index (Phi) is 6.87. The molecule has 1 rings (SSSR count). The number of alkyl halides is 1. The van der Waals surface area contributed by atoms with Gasteiger partial charge in [-0.2, -0.15) is 0 Å². The molecule has 4 heteroatoms. The highest BCUT2D eigenvalue weighted by molar-refractivity contribution is 14.1. The van der Waals surface area contributed by atoms with E-state index in [0.29, 0.717) is 0 Å². The molecular formula is C12H16F2IN. The summed E-state index contributed by atoms with van der Waals surface area (Å²) in [6, 6.07) is 3.96. The Labute approximate surface area is 109 Å². The van der Waals surface area contributed by atoms with Gasteiger partial charge in [0.1, 0.15) is 11.6 Å². The van der Waals surface area contributed by atoms with Crippen LogP contribution in [0, 0.1) is 11.6 Å². The van der Waals surface area contributed by atoms with Crippen LogP contribution in [0.4, 0.5) is 8.78 Å². The van der Waals surface area contributed by atoms with E-state index in [2.05, 4.69) is 27.9 Å². The fourth-order valence-corrected chi connectivity index (χ4v) is 1.98. The molecule has 0 saturated carbocycles. The zero-order valence-corrected chi connectivity index (χ0v) is 11.3. The van der Waals surface area contributed by atoms with E-state index < -0.39 is 11.6 Å². The van der Waals surface area contributed by atoms with Crippen LogP contribution in [0.1, 0.15) is 24.8 Å². The van der Waals surface area contributed by atoms with Crippen molar-refractivity contribution in [1.29, 1.82) is 0 Å². The molecule has 0 fully saturated rings. The monoisotopic (exact) mass is 339 g/mol. The Morgan fingerprint density at radius 2 is 1.75 bits per heavy atom. The van der Waals surface area contributed by atoms with E-state index in [0.717, 1.165) is 19.4 Å². The first-order valence-corrected chi connectivity index (χ1v) is 6.98. The lowest BCUT2D eigenvalue weighted by Crippen LogP contribution is -2.16. The van der Waals surface area contributed by atoms with E-state index in [1.165, 1.54) is 29.0 Å². The lowest BCUT2D eigenvalue weighted by Gasteiger charge is -2.06. The average molecular weight is 339 g/mol. The molecule has 0 heterocycles. The number of hydrogen-bond donors (Lipinski definition) is 1. The first-order valence-electron chi connectivity index (χ1n) is 5.45. The molecule has 0 atom stereocenters. The molecule has 0 unspecified atom stereocenters. The number of benzene rings is 1. The van der Waals surface area contributed by atoms with Crippen LogP contribution >= 0.6 is 22.6 Å². The Hall–Kier alpha value is -0.230. The number of unbranched alkanes of at least 4 members (excludes halogenated alkanes) is 2. The van der Waals surface area contributed by atoms with Crippen LogP contribution in [0.3, 0.4) is 0 Å². The molecule has 1 aromatic carbocycles. The van der Waals surface area contributed by atoms with Crippen LogP contribution < -0.4 is 5.32 Å². The van der Waals surface area contributed by atoms with Crippen LogP contribution in [0.25, 0.3) is 0 Å². The van der Waals surface area contributed by atoms with Crippen molar-refractivity contribution in [1.82, 2.24) is 5.32 Å². The lowest BCUT2D eigenvalue weighted by atomic mass is 10.2. The van der Waals surface area contributed by atoms with Crippen LogP contribution in [-0.2, 0) is 6.54 Å². The van der Waals surface area contributed by atoms with Gasteiger partial charge in [0.05, 0.1) is 0 Å². The zero-order chi connectivity index (χ0) is 11.8. The first kappa shape index (κ1) is 13.8. The molecule has 0 radical (unpaired) electrons. The van der Waals surface area contributed by atoms with E-state index in [1.54, 1.807) is 0 Å². The standard InChI is InChI=1S/C12H16F2IN/c13-11-5-4-6-12(14)10(11)9-16-8-3-1-2-7-15/h4-6,16H,1-3,7-9H2. The number of halogens is 3. The van der Waals surface area contributed by atoms with Crippen molar-refractivity contribution in [2.75, 3.05) is 11.0 Å². The van der Waals surface area contributed by atoms with E-state index >= 15 is 0 Å². The van der Waals surface area contributed by atoms with Gasteiger partial charge < -0.3 is 5.32 Å². The third-order valence-electron chi connectivity index (χ3n) is 2.35. The van der Waals surface area contributed by atoms with Crippen LogP contribution in [0.2, 0.25) is 0 Å². The second-order valence-electron chi connectivity index (χ2n) is 3.63. The van der Waals surface area contributed by atoms with E-state index in [-0.39, 0.29) is 12.1 Å². The Morgan fingerprint density at radius 1 is 1.06 bits per heavy atom. The molecular weight excluding hydrogens is 323 g/mol. The Balaban J connectivity index is 2.26. The van der Waals surface area contributed by atoms with Crippen molar-refractivity contribution < 1.29 is 8.78 Å². The fraction of sp³-hybridized carbons (Fsp3) is 0.500. The molecule has 16 heavy (non-hydrogen) atoms. The number of hydrogen-bond acceptors (Lipinski definition) is 1. The fourth-order valence-electron chi connectivity index (χ4n) is 1.44. The number of rotatable bonds is 7. The maximum Gasteiger partial charge on any atom is 0.130 e. The molecule has 0 saturated heterocycles. The topological polar surface area (TPSA) is 12.0 Å². The SMILES string of the molecule is Fc1cccc(F)c1CNCCCCCI. The van der Waals surface area contributed by atoms with Crippen molar-refractivity contribution in [3.8, 4) is 0 Å². The van der Waals surface area contributed by atoms with Gasteiger partial charge in [-0.1, -0.05) is 35.1 Å². The second kappa shape index (κ2) is 7.95. The minimum atomic E-state index is -0.472. The first-order chi connectivity index (χ1) is 7.75. The van der Waals surface area contributed by atoms with Crippen LogP contribution in [-0.4, -0.2) is 11.0 Å². The highest BCUT2D eigenvalue weighted by Gasteiger charge is 2.06. The molecule has 90 valence electrons. The van der Waals surface area contributed by atoms with Gasteiger partial charge >= 0.3 is 0 Å². The highest BCUT2D eigenvalue weighted by atomic mass is 127. The summed E-state index contributed by atoms with van der Waals surface area (Å²) in [7, 11) is 0. The molecule has 1 N–H and O–H groups in total. The maximum absolute atomic E-state index is 13.2. The van der Waals surface area contributed by atoms with Gasteiger partial charge in [0.15, 0.2) is 0 Å². The number of nitrogens with one attached hydrogen (secondary N) is 1. The average Bonchev–Trinajstić information content (AvgIpc) is 2.26. The molecule has 0 bridgehead atoms. The quantitative estimate of drug-likeness (QED) is 0.454. The Morgan fingerprint density at radius 3 is 2.38 bits per heavy atom. The minimum Gasteiger partial charge on any atom is -0.312 e. The van der Waals surface area contributed by atoms with Crippen molar-refractivity contribution >= 4 is 22.6 Å².